The fraction of sp³-hybridized carbons (Fsp3) is 0.923. The summed E-state index contributed by atoms with van der Waals surface area (Å²) in [6.45, 7) is 11.5. The van der Waals surface area contributed by atoms with Crippen LogP contribution in [0.3, 0.4) is 0 Å². The van der Waals surface area contributed by atoms with Crippen molar-refractivity contribution in [1.82, 2.24) is 10.2 Å². The number of carbonyl (C=O) groups is 1. The van der Waals surface area contributed by atoms with Gasteiger partial charge in [-0.25, -0.2) is 0 Å². The van der Waals surface area contributed by atoms with Crippen LogP contribution >= 0.6 is 0 Å². The van der Waals surface area contributed by atoms with Gasteiger partial charge in [0.25, 0.3) is 0 Å². The van der Waals surface area contributed by atoms with Crippen molar-refractivity contribution in [2.24, 2.45) is 11.8 Å². The molecule has 1 saturated heterocycles. The number of hydrogen-bond acceptors (Lipinski definition) is 2. The van der Waals surface area contributed by atoms with E-state index in [0.29, 0.717) is 30.2 Å². The molecule has 3 unspecified atom stereocenters. The molecule has 94 valence electrons. The van der Waals surface area contributed by atoms with Gasteiger partial charge in [0.15, 0.2) is 0 Å². The topological polar surface area (TPSA) is 32.3 Å². The third-order valence-corrected chi connectivity index (χ3v) is 3.25. The molecule has 1 aliphatic heterocycles. The standard InChI is InChI=1S/C13H26N2O/c1-5-14-12(4)7-13(16)15-8-10(2)6-11(3)9-15/h10-12,14H,5-9H2,1-4H3. The normalized spacial score (nSPS) is 27.9. The summed E-state index contributed by atoms with van der Waals surface area (Å²) in [5, 5.41) is 3.29. The smallest absolute Gasteiger partial charge is 0.224 e. The molecule has 0 bridgehead atoms. The van der Waals surface area contributed by atoms with E-state index in [1.165, 1.54) is 6.42 Å². The highest BCUT2D eigenvalue weighted by atomic mass is 16.2. The van der Waals surface area contributed by atoms with Gasteiger partial charge < -0.3 is 10.2 Å². The minimum absolute atomic E-state index is 0.296. The van der Waals surface area contributed by atoms with Crippen molar-refractivity contribution >= 4 is 5.91 Å². The molecule has 1 fully saturated rings. The lowest BCUT2D eigenvalue weighted by Gasteiger charge is -2.35. The van der Waals surface area contributed by atoms with E-state index in [1.54, 1.807) is 0 Å². The van der Waals surface area contributed by atoms with Gasteiger partial charge in [-0.3, -0.25) is 4.79 Å². The first kappa shape index (κ1) is 13.5. The van der Waals surface area contributed by atoms with E-state index in [9.17, 15) is 4.79 Å². The largest absolute Gasteiger partial charge is 0.342 e. The van der Waals surface area contributed by atoms with Crippen LogP contribution < -0.4 is 5.32 Å². The molecule has 1 heterocycles. The molecule has 0 aliphatic carbocycles. The van der Waals surface area contributed by atoms with Crippen LogP contribution in [0.2, 0.25) is 0 Å². The number of likely N-dealkylation sites (tertiary alicyclic amines) is 1. The number of nitrogens with zero attached hydrogens (tertiary/aromatic N) is 1. The molecule has 0 spiro atoms. The van der Waals surface area contributed by atoms with Gasteiger partial charge in [-0.1, -0.05) is 20.8 Å². The van der Waals surface area contributed by atoms with E-state index in [4.69, 9.17) is 0 Å². The molecule has 0 aromatic rings. The van der Waals surface area contributed by atoms with E-state index >= 15 is 0 Å². The van der Waals surface area contributed by atoms with Crippen LogP contribution in [0.25, 0.3) is 0 Å². The van der Waals surface area contributed by atoms with Crippen molar-refractivity contribution in [3.8, 4) is 0 Å². The second-order valence-corrected chi connectivity index (χ2v) is 5.41. The lowest BCUT2D eigenvalue weighted by atomic mass is 9.91. The number of amides is 1. The van der Waals surface area contributed by atoms with Crippen molar-refractivity contribution in [2.75, 3.05) is 19.6 Å². The van der Waals surface area contributed by atoms with Crippen molar-refractivity contribution in [1.29, 1.82) is 0 Å². The Kier molecular flexibility index (Phi) is 5.26. The Morgan fingerprint density at radius 2 is 1.94 bits per heavy atom. The zero-order chi connectivity index (χ0) is 12.1. The van der Waals surface area contributed by atoms with Crippen LogP contribution in [-0.2, 0) is 4.79 Å². The Morgan fingerprint density at radius 1 is 1.38 bits per heavy atom. The van der Waals surface area contributed by atoms with E-state index in [1.807, 2.05) is 4.90 Å². The molecular formula is C13H26N2O. The Morgan fingerprint density at radius 3 is 2.44 bits per heavy atom. The SMILES string of the molecule is CCNC(C)CC(=O)N1CC(C)CC(C)C1. The third kappa shape index (κ3) is 4.12. The first-order chi connectivity index (χ1) is 7.52. The molecule has 0 saturated carbocycles. The number of hydrogen-bond donors (Lipinski definition) is 1. The van der Waals surface area contributed by atoms with Gasteiger partial charge in [0.05, 0.1) is 0 Å². The lowest BCUT2D eigenvalue weighted by molar-refractivity contribution is -0.134. The fourth-order valence-electron chi connectivity index (χ4n) is 2.68. The minimum atomic E-state index is 0.296. The van der Waals surface area contributed by atoms with Crippen LogP contribution in [0.15, 0.2) is 0 Å². The Hall–Kier alpha value is -0.570. The third-order valence-electron chi connectivity index (χ3n) is 3.25. The van der Waals surface area contributed by atoms with Gasteiger partial charge in [0, 0.05) is 25.6 Å². The molecule has 3 atom stereocenters. The Balaban J connectivity index is 2.40. The molecule has 3 heteroatoms. The van der Waals surface area contributed by atoms with Crippen LogP contribution in [-0.4, -0.2) is 36.5 Å². The van der Waals surface area contributed by atoms with Gasteiger partial charge in [-0.15, -0.1) is 0 Å². The quantitative estimate of drug-likeness (QED) is 0.794. The van der Waals surface area contributed by atoms with Crippen LogP contribution in [0, 0.1) is 11.8 Å². The highest BCUT2D eigenvalue weighted by Gasteiger charge is 2.25. The maximum atomic E-state index is 12.1. The highest BCUT2D eigenvalue weighted by molar-refractivity contribution is 5.76. The minimum Gasteiger partial charge on any atom is -0.342 e. The molecule has 1 aliphatic rings. The summed E-state index contributed by atoms with van der Waals surface area (Å²) in [6, 6.07) is 0.296. The maximum Gasteiger partial charge on any atom is 0.224 e. The zero-order valence-electron chi connectivity index (χ0n) is 11.1. The van der Waals surface area contributed by atoms with Crippen LogP contribution in [0.5, 0.6) is 0 Å². The monoisotopic (exact) mass is 226 g/mol. The fourth-order valence-corrected chi connectivity index (χ4v) is 2.68. The van der Waals surface area contributed by atoms with E-state index in [2.05, 4.69) is 33.0 Å². The Bertz CT molecular complexity index is 220. The summed E-state index contributed by atoms with van der Waals surface area (Å²) in [5.74, 6) is 1.62. The zero-order valence-corrected chi connectivity index (χ0v) is 11.1. The summed E-state index contributed by atoms with van der Waals surface area (Å²) < 4.78 is 0. The van der Waals surface area contributed by atoms with E-state index in [-0.39, 0.29) is 0 Å². The van der Waals surface area contributed by atoms with Gasteiger partial charge in [-0.2, -0.15) is 0 Å². The second kappa shape index (κ2) is 6.24. The van der Waals surface area contributed by atoms with Gasteiger partial charge in [-0.05, 0) is 31.7 Å². The predicted molar refractivity (Wildman–Crippen MR) is 67.3 cm³/mol. The average Bonchev–Trinajstić information content (AvgIpc) is 2.16. The molecule has 0 radical (unpaired) electrons. The highest BCUT2D eigenvalue weighted by Crippen LogP contribution is 2.21. The van der Waals surface area contributed by atoms with Crippen molar-refractivity contribution in [3.63, 3.8) is 0 Å². The van der Waals surface area contributed by atoms with Gasteiger partial charge in [0.1, 0.15) is 0 Å². The summed E-state index contributed by atoms with van der Waals surface area (Å²) in [5.41, 5.74) is 0. The van der Waals surface area contributed by atoms with Crippen LogP contribution in [0.4, 0.5) is 0 Å². The first-order valence-electron chi connectivity index (χ1n) is 6.54. The lowest BCUT2D eigenvalue weighted by Crippen LogP contribution is -2.44. The van der Waals surface area contributed by atoms with Crippen molar-refractivity contribution in [2.45, 2.75) is 46.6 Å². The number of piperidine rings is 1. The van der Waals surface area contributed by atoms with Gasteiger partial charge >= 0.3 is 0 Å². The molecule has 0 aromatic carbocycles. The van der Waals surface area contributed by atoms with E-state index in [0.717, 1.165) is 19.6 Å². The molecule has 16 heavy (non-hydrogen) atoms. The number of nitrogens with one attached hydrogen (secondary N) is 1. The molecule has 1 rings (SSSR count). The molecule has 1 N–H and O–H groups in total. The summed E-state index contributed by atoms with van der Waals surface area (Å²) in [4.78, 5) is 14.1. The Labute approximate surface area is 99.6 Å². The van der Waals surface area contributed by atoms with Crippen molar-refractivity contribution < 1.29 is 4.79 Å². The summed E-state index contributed by atoms with van der Waals surface area (Å²) in [7, 11) is 0. The summed E-state index contributed by atoms with van der Waals surface area (Å²) >= 11 is 0. The van der Waals surface area contributed by atoms with Crippen molar-refractivity contribution in [3.05, 3.63) is 0 Å². The number of carbonyl (C=O) groups excluding carboxylic acids is 1. The second-order valence-electron chi connectivity index (χ2n) is 5.41. The average molecular weight is 226 g/mol. The van der Waals surface area contributed by atoms with Crippen LogP contribution in [0.1, 0.15) is 40.5 Å². The molecule has 1 amide bonds. The number of rotatable bonds is 4. The maximum absolute atomic E-state index is 12.1. The predicted octanol–water partition coefficient (Wildman–Crippen LogP) is 1.88. The molecule has 3 nitrogen and oxygen atoms in total. The van der Waals surface area contributed by atoms with Gasteiger partial charge in [0.2, 0.25) is 5.91 Å². The molecule has 0 aromatic heterocycles. The molecular weight excluding hydrogens is 200 g/mol. The van der Waals surface area contributed by atoms with E-state index < -0.39 is 0 Å². The summed E-state index contributed by atoms with van der Waals surface area (Å²) in [6.07, 6.45) is 1.89. The first-order valence-corrected chi connectivity index (χ1v) is 6.54.